The van der Waals surface area contributed by atoms with E-state index in [9.17, 15) is 4.79 Å². The number of carboxylic acids is 1. The quantitative estimate of drug-likeness (QED) is 0.193. The Bertz CT molecular complexity index is 345. The highest BCUT2D eigenvalue weighted by molar-refractivity contribution is 5.86. The van der Waals surface area contributed by atoms with Crippen molar-refractivity contribution in [2.45, 2.75) is 109 Å². The van der Waals surface area contributed by atoms with Crippen LogP contribution in [0, 0.1) is 0 Å². The highest BCUT2D eigenvalue weighted by Gasteiger charge is 2.25. The first-order chi connectivity index (χ1) is 11.7. The second kappa shape index (κ2) is 14.5. The van der Waals surface area contributed by atoms with E-state index in [4.69, 9.17) is 9.84 Å². The van der Waals surface area contributed by atoms with E-state index in [-0.39, 0.29) is 6.10 Å². The molecule has 24 heavy (non-hydrogen) atoms. The van der Waals surface area contributed by atoms with Gasteiger partial charge in [-0.25, -0.2) is 4.79 Å². The molecule has 0 aliphatic carbocycles. The molecule has 3 heteroatoms. The van der Waals surface area contributed by atoms with Gasteiger partial charge in [-0.05, 0) is 12.8 Å². The summed E-state index contributed by atoms with van der Waals surface area (Å²) in [7, 11) is 0. The van der Waals surface area contributed by atoms with Crippen LogP contribution in [0.4, 0.5) is 0 Å². The summed E-state index contributed by atoms with van der Waals surface area (Å²) in [6.45, 7) is 2.99. The van der Waals surface area contributed by atoms with Crippen LogP contribution < -0.4 is 0 Å². The number of carbonyl (C=O) groups is 1. The molecule has 1 N–H and O–H groups in total. The Morgan fingerprint density at radius 3 is 1.79 bits per heavy atom. The van der Waals surface area contributed by atoms with E-state index >= 15 is 0 Å². The van der Waals surface area contributed by atoms with Crippen LogP contribution in [-0.2, 0) is 9.53 Å². The van der Waals surface area contributed by atoms with Crippen LogP contribution in [0.2, 0.25) is 0 Å². The van der Waals surface area contributed by atoms with Gasteiger partial charge in [0.15, 0.2) is 0 Å². The monoisotopic (exact) mass is 338 g/mol. The van der Waals surface area contributed by atoms with Gasteiger partial charge < -0.3 is 9.84 Å². The molecule has 3 nitrogen and oxygen atoms in total. The first-order valence-corrected chi connectivity index (χ1v) is 10.3. The van der Waals surface area contributed by atoms with Crippen LogP contribution in [-0.4, -0.2) is 23.8 Å². The van der Waals surface area contributed by atoms with Gasteiger partial charge in [0, 0.05) is 12.0 Å². The number of allylic oxidation sites excluding steroid dienone is 1. The zero-order chi connectivity index (χ0) is 17.5. The molecule has 140 valence electrons. The molecule has 1 atom stereocenters. The van der Waals surface area contributed by atoms with Crippen molar-refractivity contribution in [3.8, 4) is 0 Å². The van der Waals surface area contributed by atoms with Crippen molar-refractivity contribution in [3.05, 3.63) is 11.6 Å². The molecule has 1 fully saturated rings. The fourth-order valence-corrected chi connectivity index (χ4v) is 3.13. The number of hydrogen-bond donors (Lipinski definition) is 1. The first-order valence-electron chi connectivity index (χ1n) is 10.3. The molecule has 1 heterocycles. The third-order valence-electron chi connectivity index (χ3n) is 4.82. The molecule has 0 bridgehead atoms. The highest BCUT2D eigenvalue weighted by Crippen LogP contribution is 2.20. The highest BCUT2D eigenvalue weighted by atomic mass is 16.6. The molecule has 1 aliphatic rings. The lowest BCUT2D eigenvalue weighted by atomic mass is 10.0. The molecule has 0 amide bonds. The number of rotatable bonds is 17. The summed E-state index contributed by atoms with van der Waals surface area (Å²) in [5.74, 6) is -0.778. The molecule has 0 radical (unpaired) electrons. The van der Waals surface area contributed by atoms with Gasteiger partial charge in [0.25, 0.3) is 0 Å². The lowest BCUT2D eigenvalue weighted by Crippen LogP contribution is -2.03. The molecule has 1 rings (SSSR count). The summed E-state index contributed by atoms with van der Waals surface area (Å²) in [6, 6.07) is 0. The number of hydrogen-bond acceptors (Lipinski definition) is 2. The number of aliphatic carboxylic acids is 1. The topological polar surface area (TPSA) is 49.8 Å². The van der Waals surface area contributed by atoms with E-state index in [0.717, 1.165) is 19.4 Å². The van der Waals surface area contributed by atoms with Gasteiger partial charge in [-0.2, -0.15) is 0 Å². The van der Waals surface area contributed by atoms with Crippen LogP contribution in [0.5, 0.6) is 0 Å². The normalized spacial score (nSPS) is 17.2. The summed E-state index contributed by atoms with van der Waals surface area (Å²) in [5.41, 5.74) is 0.538. The Labute approximate surface area is 148 Å². The zero-order valence-corrected chi connectivity index (χ0v) is 15.7. The number of ether oxygens (including phenoxy) is 1. The average Bonchev–Trinajstić information content (AvgIpc) is 3.38. The van der Waals surface area contributed by atoms with Gasteiger partial charge in [-0.3, -0.25) is 0 Å². The van der Waals surface area contributed by atoms with E-state index < -0.39 is 5.97 Å². The lowest BCUT2D eigenvalue weighted by Gasteiger charge is -2.03. The van der Waals surface area contributed by atoms with Crippen molar-refractivity contribution in [3.63, 3.8) is 0 Å². The average molecular weight is 339 g/mol. The molecule has 1 saturated heterocycles. The maximum atomic E-state index is 11.1. The van der Waals surface area contributed by atoms with Crippen LogP contribution >= 0.6 is 0 Å². The molecular weight excluding hydrogens is 300 g/mol. The molecule has 1 unspecified atom stereocenters. The van der Waals surface area contributed by atoms with Crippen molar-refractivity contribution in [2.24, 2.45) is 0 Å². The Morgan fingerprint density at radius 2 is 1.38 bits per heavy atom. The predicted molar refractivity (Wildman–Crippen MR) is 100 cm³/mol. The van der Waals surface area contributed by atoms with Gasteiger partial charge in [0.05, 0.1) is 12.7 Å². The summed E-state index contributed by atoms with van der Waals surface area (Å²) < 4.78 is 5.11. The minimum atomic E-state index is -0.778. The van der Waals surface area contributed by atoms with Gasteiger partial charge in [0.1, 0.15) is 0 Å². The first kappa shape index (κ1) is 21.2. The molecule has 0 aromatic heterocycles. The zero-order valence-electron chi connectivity index (χ0n) is 15.7. The fraction of sp³-hybridized carbons (Fsp3) is 0.857. The van der Waals surface area contributed by atoms with Crippen molar-refractivity contribution in [1.29, 1.82) is 0 Å². The molecule has 1 aliphatic heterocycles. The van der Waals surface area contributed by atoms with Crippen molar-refractivity contribution in [1.82, 2.24) is 0 Å². The summed E-state index contributed by atoms with van der Waals surface area (Å²) in [6.07, 6.45) is 21.1. The number of epoxide rings is 1. The standard InChI is InChI=1S/C21H38O3/c1-2-3-4-5-6-7-8-9-10-11-12-13-14-15-16-19(21(22)23)17-20-18-24-20/h16,20H,2-15,17-18H2,1H3,(H,22,23). The summed E-state index contributed by atoms with van der Waals surface area (Å²) in [4.78, 5) is 11.1. The van der Waals surface area contributed by atoms with Gasteiger partial charge in [-0.1, -0.05) is 90.0 Å². The molecule has 0 spiro atoms. The third-order valence-corrected chi connectivity index (χ3v) is 4.82. The second-order valence-corrected chi connectivity index (χ2v) is 7.23. The lowest BCUT2D eigenvalue weighted by molar-refractivity contribution is -0.132. The van der Waals surface area contributed by atoms with E-state index in [1.165, 1.54) is 77.0 Å². The smallest absolute Gasteiger partial charge is 0.331 e. The number of carboxylic acid groups (broad SMARTS) is 1. The molecular formula is C21H38O3. The Kier molecular flexibility index (Phi) is 12.8. The van der Waals surface area contributed by atoms with Crippen LogP contribution in [0.3, 0.4) is 0 Å². The molecule has 0 aromatic rings. The van der Waals surface area contributed by atoms with Crippen LogP contribution in [0.15, 0.2) is 11.6 Å². The minimum Gasteiger partial charge on any atom is -0.478 e. The second-order valence-electron chi connectivity index (χ2n) is 7.23. The fourth-order valence-electron chi connectivity index (χ4n) is 3.13. The van der Waals surface area contributed by atoms with Gasteiger partial charge in [-0.15, -0.1) is 0 Å². The van der Waals surface area contributed by atoms with Gasteiger partial charge in [0.2, 0.25) is 0 Å². The van der Waals surface area contributed by atoms with E-state index in [1.807, 2.05) is 6.08 Å². The van der Waals surface area contributed by atoms with Gasteiger partial charge >= 0.3 is 5.97 Å². The van der Waals surface area contributed by atoms with Crippen LogP contribution in [0.1, 0.15) is 103 Å². The Balaban J connectivity index is 1.83. The maximum Gasteiger partial charge on any atom is 0.331 e. The molecule has 0 saturated carbocycles. The van der Waals surface area contributed by atoms with Crippen molar-refractivity contribution in [2.75, 3.05) is 6.61 Å². The van der Waals surface area contributed by atoms with E-state index in [0.29, 0.717) is 12.0 Å². The predicted octanol–water partition coefficient (Wildman–Crippen LogP) is 6.27. The Morgan fingerprint density at radius 1 is 0.917 bits per heavy atom. The SMILES string of the molecule is CCCCCCCCCCCCCCCC=C(CC1CO1)C(=O)O. The number of unbranched alkanes of at least 4 members (excludes halogenated alkanes) is 13. The summed E-state index contributed by atoms with van der Waals surface area (Å²) >= 11 is 0. The van der Waals surface area contributed by atoms with Crippen molar-refractivity contribution >= 4 is 5.97 Å². The molecule has 0 aromatic carbocycles. The Hall–Kier alpha value is -0.830. The van der Waals surface area contributed by atoms with E-state index in [1.54, 1.807) is 0 Å². The third kappa shape index (κ3) is 12.6. The summed E-state index contributed by atoms with van der Waals surface area (Å²) in [5, 5.41) is 9.13. The minimum absolute atomic E-state index is 0.166. The van der Waals surface area contributed by atoms with Crippen molar-refractivity contribution < 1.29 is 14.6 Å². The maximum absolute atomic E-state index is 11.1. The largest absolute Gasteiger partial charge is 0.478 e. The van der Waals surface area contributed by atoms with E-state index in [2.05, 4.69) is 6.92 Å². The van der Waals surface area contributed by atoms with Crippen LogP contribution in [0.25, 0.3) is 0 Å².